The average molecular weight is 537 g/mol. The maximum absolute atomic E-state index is 12.8. The number of nitrogens with zero attached hydrogens (tertiary/aromatic N) is 5. The quantitative estimate of drug-likeness (QED) is 0.309. The Morgan fingerprint density at radius 2 is 1.78 bits per heavy atom. The fraction of sp³-hybridized carbons (Fsp3) is 0.720. The molecule has 36 heavy (non-hydrogen) atoms. The third-order valence-electron chi connectivity index (χ3n) is 7.75. The normalized spacial score (nSPS) is 21.7. The van der Waals surface area contributed by atoms with Crippen LogP contribution in [0.15, 0.2) is 11.2 Å². The molecule has 2 saturated heterocycles. The van der Waals surface area contributed by atoms with Crippen LogP contribution in [0.5, 0.6) is 0 Å². The number of carbonyl (C=O) groups is 3. The van der Waals surface area contributed by atoms with Gasteiger partial charge in [-0.05, 0) is 32.1 Å². The second kappa shape index (κ2) is 12.4. The summed E-state index contributed by atoms with van der Waals surface area (Å²) in [5.74, 6) is 1.46. The number of rotatable bonds is 8. The highest BCUT2D eigenvalue weighted by atomic mass is 35.5. The minimum absolute atomic E-state index is 0.00796. The van der Waals surface area contributed by atoms with E-state index in [1.807, 2.05) is 4.90 Å². The Labute approximate surface area is 222 Å². The summed E-state index contributed by atoms with van der Waals surface area (Å²) in [6.07, 6.45) is 8.02. The van der Waals surface area contributed by atoms with Gasteiger partial charge >= 0.3 is 0 Å². The van der Waals surface area contributed by atoms with Crippen LogP contribution in [0.4, 0.5) is 5.82 Å². The third-order valence-corrected chi connectivity index (χ3v) is 8.77. The maximum atomic E-state index is 12.8. The number of likely N-dealkylation sites (tertiary alicyclic amines) is 1. The molecule has 3 aliphatic rings. The molecule has 2 aliphatic heterocycles. The molecule has 1 saturated carbocycles. The van der Waals surface area contributed by atoms with Crippen molar-refractivity contribution in [1.29, 1.82) is 0 Å². The molecule has 0 bridgehead atoms. The van der Waals surface area contributed by atoms with Crippen LogP contribution < -0.4 is 10.6 Å². The summed E-state index contributed by atoms with van der Waals surface area (Å²) >= 11 is 7.57. The van der Waals surface area contributed by atoms with Crippen LogP contribution in [0.1, 0.15) is 58.3 Å². The predicted octanol–water partition coefficient (Wildman–Crippen LogP) is 2.95. The molecule has 3 fully saturated rings. The van der Waals surface area contributed by atoms with Gasteiger partial charge in [0.1, 0.15) is 11.0 Å². The average Bonchev–Trinajstić information content (AvgIpc) is 3.39. The van der Waals surface area contributed by atoms with E-state index in [0.717, 1.165) is 18.2 Å². The summed E-state index contributed by atoms with van der Waals surface area (Å²) in [4.78, 5) is 51.7. The van der Waals surface area contributed by atoms with Crippen LogP contribution >= 0.6 is 23.4 Å². The Kier molecular flexibility index (Phi) is 9.33. The number of halogens is 1. The number of nitrogens with two attached hydrogens (primary N) is 1. The van der Waals surface area contributed by atoms with Crippen LogP contribution in [-0.2, 0) is 14.4 Å². The van der Waals surface area contributed by atoms with Crippen molar-refractivity contribution in [1.82, 2.24) is 19.8 Å². The number of carbonyl (C=O) groups excluding carboxylic acids is 3. The molecule has 1 atom stereocenters. The van der Waals surface area contributed by atoms with Crippen LogP contribution in [0.25, 0.3) is 0 Å². The minimum Gasteiger partial charge on any atom is -0.369 e. The summed E-state index contributed by atoms with van der Waals surface area (Å²) in [5.41, 5.74) is 5.38. The number of hydrogen-bond donors (Lipinski definition) is 1. The zero-order chi connectivity index (χ0) is 25.7. The highest BCUT2D eigenvalue weighted by molar-refractivity contribution is 7.99. The van der Waals surface area contributed by atoms with E-state index in [1.165, 1.54) is 37.4 Å². The Balaban J connectivity index is 1.28. The Hall–Kier alpha value is -2.07. The van der Waals surface area contributed by atoms with Gasteiger partial charge in [0.2, 0.25) is 17.7 Å². The smallest absolute Gasteiger partial charge is 0.233 e. The molecule has 2 N–H and O–H groups in total. The molecule has 9 nitrogen and oxygen atoms in total. The molecule has 1 aliphatic carbocycles. The number of thioether (sulfide) groups is 1. The van der Waals surface area contributed by atoms with Gasteiger partial charge in [-0.2, -0.15) is 0 Å². The lowest BCUT2D eigenvalue weighted by atomic mass is 9.96. The van der Waals surface area contributed by atoms with Gasteiger partial charge in [-0.15, -0.1) is 0 Å². The molecule has 0 radical (unpaired) electrons. The van der Waals surface area contributed by atoms with Gasteiger partial charge in [-0.25, -0.2) is 9.97 Å². The van der Waals surface area contributed by atoms with Gasteiger partial charge in [-0.3, -0.25) is 14.4 Å². The summed E-state index contributed by atoms with van der Waals surface area (Å²) in [6.45, 7) is 5.18. The van der Waals surface area contributed by atoms with E-state index in [0.29, 0.717) is 62.3 Å². The van der Waals surface area contributed by atoms with E-state index in [-0.39, 0.29) is 35.4 Å². The number of piperazine rings is 1. The van der Waals surface area contributed by atoms with Crippen LogP contribution in [0.3, 0.4) is 0 Å². The first-order valence-corrected chi connectivity index (χ1v) is 14.5. The molecule has 0 aromatic carbocycles. The highest BCUT2D eigenvalue weighted by Gasteiger charge is 2.30. The number of hydrogen-bond acceptors (Lipinski definition) is 7. The zero-order valence-electron chi connectivity index (χ0n) is 21.0. The molecular formula is C25H37ClN6O3S. The molecule has 198 valence electrons. The molecule has 1 aromatic rings. The van der Waals surface area contributed by atoms with E-state index in [1.54, 1.807) is 11.0 Å². The lowest BCUT2D eigenvalue weighted by molar-refractivity contribution is -0.134. The van der Waals surface area contributed by atoms with Crippen molar-refractivity contribution in [3.8, 4) is 0 Å². The Morgan fingerprint density at radius 3 is 2.44 bits per heavy atom. The maximum Gasteiger partial charge on any atom is 0.233 e. The van der Waals surface area contributed by atoms with Crippen molar-refractivity contribution < 1.29 is 14.4 Å². The van der Waals surface area contributed by atoms with Crippen molar-refractivity contribution in [2.45, 2.75) is 69.5 Å². The number of piperidine rings is 1. The molecular weight excluding hydrogens is 500 g/mol. The number of amides is 3. The lowest BCUT2D eigenvalue weighted by Gasteiger charge is -2.40. The fourth-order valence-electron chi connectivity index (χ4n) is 5.55. The summed E-state index contributed by atoms with van der Waals surface area (Å²) < 4.78 is 0. The molecule has 1 aromatic heterocycles. The van der Waals surface area contributed by atoms with Crippen molar-refractivity contribution in [3.05, 3.63) is 11.2 Å². The van der Waals surface area contributed by atoms with Crippen LogP contribution in [0, 0.1) is 11.8 Å². The van der Waals surface area contributed by atoms with Gasteiger partial charge in [0.15, 0.2) is 5.16 Å². The van der Waals surface area contributed by atoms with Crippen LogP contribution in [-0.4, -0.2) is 82.0 Å². The minimum atomic E-state index is -0.292. The van der Waals surface area contributed by atoms with E-state index in [4.69, 9.17) is 17.3 Å². The topological polar surface area (TPSA) is 113 Å². The van der Waals surface area contributed by atoms with Gasteiger partial charge in [0.25, 0.3) is 0 Å². The van der Waals surface area contributed by atoms with Gasteiger partial charge in [0, 0.05) is 57.2 Å². The molecule has 0 spiro atoms. The fourth-order valence-corrected chi connectivity index (χ4v) is 6.53. The molecule has 11 heteroatoms. The number of anilines is 1. The van der Waals surface area contributed by atoms with E-state index < -0.39 is 0 Å². The third kappa shape index (κ3) is 7.03. The molecule has 4 rings (SSSR count). The largest absolute Gasteiger partial charge is 0.369 e. The molecule has 3 heterocycles. The predicted molar refractivity (Wildman–Crippen MR) is 141 cm³/mol. The van der Waals surface area contributed by atoms with Crippen molar-refractivity contribution >= 4 is 46.9 Å². The lowest BCUT2D eigenvalue weighted by Crippen LogP contribution is -2.54. The second-order valence-electron chi connectivity index (χ2n) is 10.2. The number of primary amides is 1. The monoisotopic (exact) mass is 536 g/mol. The SMILES string of the molecule is CC1CN(c2cc(Cl)nc(SCC(=O)N3CCC(C(N)=O)CC3)n2)CCN1C(=O)CCC1CCCC1. The van der Waals surface area contributed by atoms with Gasteiger partial charge in [-0.1, -0.05) is 49.0 Å². The van der Waals surface area contributed by atoms with Crippen molar-refractivity contribution in [2.75, 3.05) is 43.4 Å². The Bertz CT molecular complexity index is 952. The van der Waals surface area contributed by atoms with Gasteiger partial charge < -0.3 is 20.4 Å². The Morgan fingerprint density at radius 1 is 1.06 bits per heavy atom. The number of aromatic nitrogens is 2. The summed E-state index contributed by atoms with van der Waals surface area (Å²) in [5, 5.41) is 0.792. The summed E-state index contributed by atoms with van der Waals surface area (Å²) in [7, 11) is 0. The van der Waals surface area contributed by atoms with E-state index in [2.05, 4.69) is 21.8 Å². The highest BCUT2D eigenvalue weighted by Crippen LogP contribution is 2.29. The van der Waals surface area contributed by atoms with E-state index >= 15 is 0 Å². The first kappa shape index (κ1) is 27.0. The molecule has 1 unspecified atom stereocenters. The summed E-state index contributed by atoms with van der Waals surface area (Å²) in [6, 6.07) is 1.83. The van der Waals surface area contributed by atoms with E-state index in [9.17, 15) is 14.4 Å². The second-order valence-corrected chi connectivity index (χ2v) is 11.6. The van der Waals surface area contributed by atoms with Crippen molar-refractivity contribution in [3.63, 3.8) is 0 Å². The van der Waals surface area contributed by atoms with Crippen LogP contribution in [0.2, 0.25) is 5.15 Å². The van der Waals surface area contributed by atoms with Gasteiger partial charge in [0.05, 0.1) is 5.75 Å². The van der Waals surface area contributed by atoms with Crippen molar-refractivity contribution in [2.24, 2.45) is 17.6 Å². The standard InChI is InChI=1S/C25H37ClN6O3S/c1-17-15-31(12-13-32(17)22(33)7-6-18-4-2-3-5-18)21-14-20(26)28-25(29-21)36-16-23(34)30-10-8-19(9-11-30)24(27)35/h14,17-19H,2-13,15-16H2,1H3,(H2,27,35). The first-order valence-electron chi connectivity index (χ1n) is 13.1. The zero-order valence-corrected chi connectivity index (χ0v) is 22.6. The first-order chi connectivity index (χ1) is 17.3. The molecule has 3 amide bonds.